The molecule has 0 spiro atoms. The van der Waals surface area contributed by atoms with Gasteiger partial charge in [-0.1, -0.05) is 18.6 Å². The molecule has 1 unspecified atom stereocenters. The summed E-state index contributed by atoms with van der Waals surface area (Å²) in [5.41, 5.74) is 0.147. The molecule has 5 nitrogen and oxygen atoms in total. The van der Waals surface area contributed by atoms with Gasteiger partial charge < -0.3 is 10.1 Å². The number of rotatable bonds is 4. The van der Waals surface area contributed by atoms with Gasteiger partial charge in [0.1, 0.15) is 11.9 Å². The van der Waals surface area contributed by atoms with E-state index < -0.39 is 11.9 Å². The third-order valence-corrected chi connectivity index (χ3v) is 3.58. The Morgan fingerprint density at radius 1 is 1.38 bits per heavy atom. The standard InChI is InChI=1S/C15H19FN2O3/c1-21-15(20)13-8-4-5-9-18(13)10-14(19)17-12-7-3-2-6-11(12)16/h2-3,6-7,13H,4-5,8-10H2,1H3,(H,17,19). The van der Waals surface area contributed by atoms with Gasteiger partial charge in [0.15, 0.2) is 0 Å². The number of ether oxygens (including phenoxy) is 1. The lowest BCUT2D eigenvalue weighted by Crippen LogP contribution is -2.48. The summed E-state index contributed by atoms with van der Waals surface area (Å²) >= 11 is 0. The van der Waals surface area contributed by atoms with Gasteiger partial charge in [0, 0.05) is 0 Å². The predicted molar refractivity (Wildman–Crippen MR) is 76.3 cm³/mol. The molecule has 1 aliphatic heterocycles. The van der Waals surface area contributed by atoms with Crippen molar-refractivity contribution in [1.29, 1.82) is 0 Å². The lowest BCUT2D eigenvalue weighted by atomic mass is 10.0. The van der Waals surface area contributed by atoms with E-state index in [1.54, 1.807) is 17.0 Å². The molecule has 0 aliphatic carbocycles. The van der Waals surface area contributed by atoms with Crippen molar-refractivity contribution in [1.82, 2.24) is 4.90 Å². The van der Waals surface area contributed by atoms with Crippen LogP contribution in [0.4, 0.5) is 10.1 Å². The maximum Gasteiger partial charge on any atom is 0.323 e. The fraction of sp³-hybridized carbons (Fsp3) is 0.467. The molecule has 0 radical (unpaired) electrons. The topological polar surface area (TPSA) is 58.6 Å². The van der Waals surface area contributed by atoms with Crippen molar-refractivity contribution in [3.05, 3.63) is 30.1 Å². The van der Waals surface area contributed by atoms with Gasteiger partial charge >= 0.3 is 5.97 Å². The van der Waals surface area contributed by atoms with Crippen LogP contribution in [-0.4, -0.2) is 43.0 Å². The van der Waals surface area contributed by atoms with E-state index in [-0.39, 0.29) is 24.1 Å². The van der Waals surface area contributed by atoms with Gasteiger partial charge in [-0.05, 0) is 31.5 Å². The van der Waals surface area contributed by atoms with Crippen LogP contribution in [0.25, 0.3) is 0 Å². The van der Waals surface area contributed by atoms with Crippen LogP contribution < -0.4 is 5.32 Å². The van der Waals surface area contributed by atoms with Crippen LogP contribution in [0.5, 0.6) is 0 Å². The van der Waals surface area contributed by atoms with Crippen LogP contribution in [0.1, 0.15) is 19.3 Å². The number of hydrogen-bond donors (Lipinski definition) is 1. The van der Waals surface area contributed by atoms with E-state index in [4.69, 9.17) is 4.74 Å². The van der Waals surface area contributed by atoms with Crippen molar-refractivity contribution in [3.63, 3.8) is 0 Å². The fourth-order valence-corrected chi connectivity index (χ4v) is 2.52. The maximum absolute atomic E-state index is 13.5. The summed E-state index contributed by atoms with van der Waals surface area (Å²) in [5, 5.41) is 2.53. The van der Waals surface area contributed by atoms with Gasteiger partial charge in [0.25, 0.3) is 0 Å². The van der Waals surface area contributed by atoms with Crippen molar-refractivity contribution < 1.29 is 18.7 Å². The molecule has 114 valence electrons. The third kappa shape index (κ3) is 4.01. The molecule has 1 aliphatic rings. The summed E-state index contributed by atoms with van der Waals surface area (Å²) in [5.74, 6) is -1.14. The fourth-order valence-electron chi connectivity index (χ4n) is 2.52. The van der Waals surface area contributed by atoms with E-state index in [1.165, 1.54) is 19.2 Å². The number of halogens is 1. The quantitative estimate of drug-likeness (QED) is 0.860. The van der Waals surface area contributed by atoms with E-state index in [0.29, 0.717) is 13.0 Å². The summed E-state index contributed by atoms with van der Waals surface area (Å²) in [4.78, 5) is 25.5. The first-order valence-electron chi connectivity index (χ1n) is 6.98. The molecule has 2 rings (SSSR count). The molecular weight excluding hydrogens is 275 g/mol. The number of nitrogens with one attached hydrogen (secondary N) is 1. The molecular formula is C15H19FN2O3. The molecule has 1 heterocycles. The van der Waals surface area contributed by atoms with E-state index in [2.05, 4.69) is 5.32 Å². The number of para-hydroxylation sites is 1. The van der Waals surface area contributed by atoms with Crippen LogP contribution in [0, 0.1) is 5.82 Å². The lowest BCUT2D eigenvalue weighted by Gasteiger charge is -2.32. The Morgan fingerprint density at radius 2 is 2.14 bits per heavy atom. The average molecular weight is 294 g/mol. The van der Waals surface area contributed by atoms with E-state index >= 15 is 0 Å². The van der Waals surface area contributed by atoms with Crippen LogP contribution in [-0.2, 0) is 14.3 Å². The van der Waals surface area contributed by atoms with Gasteiger partial charge in [-0.2, -0.15) is 0 Å². The highest BCUT2D eigenvalue weighted by Crippen LogP contribution is 2.18. The van der Waals surface area contributed by atoms with Crippen LogP contribution >= 0.6 is 0 Å². The molecule has 21 heavy (non-hydrogen) atoms. The summed E-state index contributed by atoms with van der Waals surface area (Å²) in [6.45, 7) is 0.707. The molecule has 1 aromatic carbocycles. The minimum atomic E-state index is -0.478. The summed E-state index contributed by atoms with van der Waals surface area (Å²) in [6.07, 6.45) is 2.55. The van der Waals surface area contributed by atoms with E-state index in [1.807, 2.05) is 0 Å². The molecule has 0 saturated carbocycles. The first-order chi connectivity index (χ1) is 10.1. The average Bonchev–Trinajstić information content (AvgIpc) is 2.49. The van der Waals surface area contributed by atoms with E-state index in [0.717, 1.165) is 12.8 Å². The molecule has 6 heteroatoms. The number of nitrogens with zero attached hydrogens (tertiary/aromatic N) is 1. The molecule has 1 saturated heterocycles. The second-order valence-corrected chi connectivity index (χ2v) is 5.03. The Balaban J connectivity index is 1.97. The lowest BCUT2D eigenvalue weighted by molar-refractivity contribution is -0.148. The second-order valence-electron chi connectivity index (χ2n) is 5.03. The van der Waals surface area contributed by atoms with Crippen molar-refractivity contribution >= 4 is 17.6 Å². The normalized spacial score (nSPS) is 19.0. The largest absolute Gasteiger partial charge is 0.468 e. The van der Waals surface area contributed by atoms with Crippen LogP contribution in [0.3, 0.4) is 0 Å². The molecule has 1 aromatic rings. The number of benzene rings is 1. The highest BCUT2D eigenvalue weighted by molar-refractivity contribution is 5.92. The Bertz CT molecular complexity index is 521. The smallest absolute Gasteiger partial charge is 0.323 e. The Morgan fingerprint density at radius 3 is 2.86 bits per heavy atom. The van der Waals surface area contributed by atoms with Gasteiger partial charge in [-0.15, -0.1) is 0 Å². The van der Waals surface area contributed by atoms with Crippen LogP contribution in [0.15, 0.2) is 24.3 Å². The number of carbonyl (C=O) groups is 2. The first-order valence-corrected chi connectivity index (χ1v) is 6.98. The summed E-state index contributed by atoms with van der Waals surface area (Å²) in [6, 6.07) is 5.60. The molecule has 1 fully saturated rings. The Hall–Kier alpha value is -1.95. The predicted octanol–water partition coefficient (Wildman–Crippen LogP) is 1.79. The third-order valence-electron chi connectivity index (χ3n) is 3.58. The number of methoxy groups -OCH3 is 1. The number of likely N-dealkylation sites (tertiary alicyclic amines) is 1. The Kier molecular flexibility index (Phi) is 5.27. The molecule has 0 aromatic heterocycles. The van der Waals surface area contributed by atoms with Crippen molar-refractivity contribution in [2.75, 3.05) is 25.5 Å². The van der Waals surface area contributed by atoms with Crippen molar-refractivity contribution in [2.24, 2.45) is 0 Å². The minimum Gasteiger partial charge on any atom is -0.468 e. The summed E-state index contributed by atoms with van der Waals surface area (Å²) < 4.78 is 18.3. The second kappa shape index (κ2) is 7.17. The SMILES string of the molecule is COC(=O)C1CCCCN1CC(=O)Nc1ccccc1F. The summed E-state index contributed by atoms with van der Waals surface area (Å²) in [7, 11) is 1.34. The monoisotopic (exact) mass is 294 g/mol. The number of piperidine rings is 1. The molecule has 1 amide bonds. The number of anilines is 1. The minimum absolute atomic E-state index is 0.0497. The zero-order valence-electron chi connectivity index (χ0n) is 12.0. The molecule has 1 atom stereocenters. The number of amides is 1. The van der Waals surface area contributed by atoms with Crippen molar-refractivity contribution in [2.45, 2.75) is 25.3 Å². The highest BCUT2D eigenvalue weighted by atomic mass is 19.1. The van der Waals surface area contributed by atoms with Gasteiger partial charge in [0.2, 0.25) is 5.91 Å². The molecule has 1 N–H and O–H groups in total. The molecule has 0 bridgehead atoms. The van der Waals surface area contributed by atoms with Gasteiger partial charge in [-0.25, -0.2) is 4.39 Å². The maximum atomic E-state index is 13.5. The van der Waals surface area contributed by atoms with E-state index in [9.17, 15) is 14.0 Å². The zero-order valence-corrected chi connectivity index (χ0v) is 12.0. The highest BCUT2D eigenvalue weighted by Gasteiger charge is 2.30. The van der Waals surface area contributed by atoms with Gasteiger partial charge in [-0.3, -0.25) is 14.5 Å². The number of hydrogen-bond acceptors (Lipinski definition) is 4. The van der Waals surface area contributed by atoms with Crippen LogP contribution in [0.2, 0.25) is 0 Å². The Labute approximate surface area is 123 Å². The zero-order chi connectivity index (χ0) is 15.2. The van der Waals surface area contributed by atoms with Crippen molar-refractivity contribution in [3.8, 4) is 0 Å². The number of esters is 1. The first kappa shape index (κ1) is 15.4. The van der Waals surface area contributed by atoms with Gasteiger partial charge in [0.05, 0.1) is 19.3 Å². The number of carbonyl (C=O) groups excluding carboxylic acids is 2.